The Labute approximate surface area is 194 Å². The minimum absolute atomic E-state index is 0.0547. The van der Waals surface area contributed by atoms with Crippen molar-refractivity contribution >= 4 is 28.4 Å². The normalized spacial score (nSPS) is 19.2. The van der Waals surface area contributed by atoms with Crippen molar-refractivity contribution in [1.82, 2.24) is 25.1 Å². The summed E-state index contributed by atoms with van der Waals surface area (Å²) < 4.78 is 1.95. The first kappa shape index (κ1) is 21.4. The molecule has 2 aliphatic rings. The van der Waals surface area contributed by atoms with Gasteiger partial charge in [0, 0.05) is 56.0 Å². The Morgan fingerprint density at radius 3 is 2.66 bits per heavy atom. The first-order valence-electron chi connectivity index (χ1n) is 11.6. The standard InChI is InChI=1S/C25H30ClN5O/c26-20-7-6-8-21-23(20)19(17-31(21)22-9-2-5-12-28-22)24(32)29-18-25(10-3-1-4-11-25)30-15-13-27-14-16-30/h2,5-9,12,17,27H,1,3-4,10-11,13-16,18H2,(H,29,32). The highest BCUT2D eigenvalue weighted by molar-refractivity contribution is 6.37. The summed E-state index contributed by atoms with van der Waals surface area (Å²) in [5.74, 6) is 0.696. The number of rotatable bonds is 5. The molecule has 3 aromatic rings. The second-order valence-electron chi connectivity index (χ2n) is 8.94. The largest absolute Gasteiger partial charge is 0.350 e. The Morgan fingerprint density at radius 1 is 1.09 bits per heavy atom. The number of hydrogen-bond donors (Lipinski definition) is 2. The average molecular weight is 452 g/mol. The number of pyridine rings is 1. The highest BCUT2D eigenvalue weighted by atomic mass is 35.5. The van der Waals surface area contributed by atoms with Gasteiger partial charge in [-0.15, -0.1) is 0 Å². The molecule has 7 heteroatoms. The van der Waals surface area contributed by atoms with E-state index in [1.54, 1.807) is 6.20 Å². The van der Waals surface area contributed by atoms with Crippen LogP contribution in [0.25, 0.3) is 16.7 Å². The Kier molecular flexibility index (Phi) is 6.17. The van der Waals surface area contributed by atoms with Crippen LogP contribution in [-0.4, -0.2) is 58.6 Å². The summed E-state index contributed by atoms with van der Waals surface area (Å²) >= 11 is 6.58. The van der Waals surface area contributed by atoms with Gasteiger partial charge >= 0.3 is 0 Å². The van der Waals surface area contributed by atoms with E-state index in [-0.39, 0.29) is 11.4 Å². The summed E-state index contributed by atoms with van der Waals surface area (Å²) in [6.07, 6.45) is 9.65. The van der Waals surface area contributed by atoms with Crippen molar-refractivity contribution in [3.05, 3.63) is 59.4 Å². The molecule has 1 aliphatic heterocycles. The van der Waals surface area contributed by atoms with E-state index < -0.39 is 0 Å². The predicted octanol–water partition coefficient (Wildman–Crippen LogP) is 4.02. The molecule has 0 spiro atoms. The van der Waals surface area contributed by atoms with Gasteiger partial charge in [0.2, 0.25) is 0 Å². The van der Waals surface area contributed by atoms with E-state index in [0.717, 1.165) is 55.7 Å². The lowest BCUT2D eigenvalue weighted by atomic mass is 9.79. The maximum atomic E-state index is 13.5. The number of piperazine rings is 1. The van der Waals surface area contributed by atoms with Crippen LogP contribution in [0.3, 0.4) is 0 Å². The molecule has 1 saturated carbocycles. The van der Waals surface area contributed by atoms with Crippen LogP contribution in [0.2, 0.25) is 5.02 Å². The van der Waals surface area contributed by atoms with E-state index >= 15 is 0 Å². The molecule has 1 aromatic carbocycles. The summed E-state index contributed by atoms with van der Waals surface area (Å²) in [6.45, 7) is 4.79. The Balaban J connectivity index is 1.44. The Morgan fingerprint density at radius 2 is 1.91 bits per heavy atom. The number of hydrogen-bond acceptors (Lipinski definition) is 4. The zero-order chi connectivity index (χ0) is 22.0. The topological polar surface area (TPSA) is 62.2 Å². The van der Waals surface area contributed by atoms with Crippen LogP contribution in [0.5, 0.6) is 0 Å². The second kappa shape index (κ2) is 9.22. The van der Waals surface area contributed by atoms with Crippen molar-refractivity contribution in [3.63, 3.8) is 0 Å². The van der Waals surface area contributed by atoms with Crippen molar-refractivity contribution in [2.24, 2.45) is 0 Å². The fourth-order valence-electron chi connectivity index (χ4n) is 5.40. The number of nitrogens with one attached hydrogen (secondary N) is 2. The van der Waals surface area contributed by atoms with E-state index in [1.807, 2.05) is 47.2 Å². The molecule has 0 radical (unpaired) electrons. The van der Waals surface area contributed by atoms with Gasteiger partial charge in [0.1, 0.15) is 5.82 Å². The van der Waals surface area contributed by atoms with Crippen LogP contribution >= 0.6 is 11.6 Å². The summed E-state index contributed by atoms with van der Waals surface area (Å²) in [4.78, 5) is 20.6. The number of amides is 1. The summed E-state index contributed by atoms with van der Waals surface area (Å²) in [5, 5.41) is 8.11. The molecule has 1 saturated heterocycles. The van der Waals surface area contributed by atoms with Crippen LogP contribution in [-0.2, 0) is 0 Å². The number of carbonyl (C=O) groups is 1. The molecule has 2 fully saturated rings. The number of benzene rings is 1. The zero-order valence-corrected chi connectivity index (χ0v) is 19.1. The maximum Gasteiger partial charge on any atom is 0.253 e. The molecule has 2 N–H and O–H groups in total. The molecule has 6 nitrogen and oxygen atoms in total. The van der Waals surface area contributed by atoms with Gasteiger partial charge in [-0.25, -0.2) is 4.98 Å². The van der Waals surface area contributed by atoms with Crippen molar-refractivity contribution < 1.29 is 4.79 Å². The van der Waals surface area contributed by atoms with Gasteiger partial charge < -0.3 is 15.2 Å². The molecular formula is C25H30ClN5O. The van der Waals surface area contributed by atoms with E-state index in [9.17, 15) is 4.79 Å². The van der Waals surface area contributed by atoms with E-state index in [0.29, 0.717) is 17.1 Å². The highest BCUT2D eigenvalue weighted by Crippen LogP contribution is 2.34. The van der Waals surface area contributed by atoms with Gasteiger partial charge in [-0.2, -0.15) is 0 Å². The van der Waals surface area contributed by atoms with Crippen LogP contribution < -0.4 is 10.6 Å². The van der Waals surface area contributed by atoms with E-state index in [4.69, 9.17) is 11.6 Å². The molecule has 0 atom stereocenters. The van der Waals surface area contributed by atoms with Gasteiger partial charge in [0.25, 0.3) is 5.91 Å². The number of nitrogens with zero attached hydrogens (tertiary/aromatic N) is 3. The van der Waals surface area contributed by atoms with Gasteiger partial charge in [-0.05, 0) is 37.1 Å². The van der Waals surface area contributed by atoms with Crippen LogP contribution in [0.4, 0.5) is 0 Å². The van der Waals surface area contributed by atoms with Crippen molar-refractivity contribution in [2.75, 3.05) is 32.7 Å². The molecule has 1 aliphatic carbocycles. The molecule has 0 bridgehead atoms. The van der Waals surface area contributed by atoms with Crippen LogP contribution in [0, 0.1) is 0 Å². The fraction of sp³-hybridized carbons (Fsp3) is 0.440. The number of halogens is 1. The fourth-order valence-corrected chi connectivity index (χ4v) is 5.67. The quantitative estimate of drug-likeness (QED) is 0.615. The van der Waals surface area contributed by atoms with Crippen LogP contribution in [0.1, 0.15) is 42.5 Å². The van der Waals surface area contributed by atoms with Gasteiger partial charge in [-0.3, -0.25) is 9.69 Å². The van der Waals surface area contributed by atoms with Gasteiger partial charge in [0.05, 0.1) is 16.1 Å². The minimum atomic E-state index is -0.0714. The van der Waals surface area contributed by atoms with E-state index in [1.165, 1.54) is 19.3 Å². The second-order valence-corrected chi connectivity index (χ2v) is 9.35. The zero-order valence-electron chi connectivity index (χ0n) is 18.3. The molecule has 32 heavy (non-hydrogen) atoms. The average Bonchev–Trinajstić information content (AvgIpc) is 3.25. The third-order valence-corrected chi connectivity index (χ3v) is 7.38. The smallest absolute Gasteiger partial charge is 0.253 e. The maximum absolute atomic E-state index is 13.5. The number of carbonyl (C=O) groups excluding carboxylic acids is 1. The Bertz CT molecular complexity index is 1080. The lowest BCUT2D eigenvalue weighted by molar-refractivity contribution is 0.0379. The van der Waals surface area contributed by atoms with Crippen molar-refractivity contribution in [3.8, 4) is 5.82 Å². The molecule has 0 unspecified atom stereocenters. The molecular weight excluding hydrogens is 422 g/mol. The molecule has 2 aromatic heterocycles. The predicted molar refractivity (Wildman–Crippen MR) is 129 cm³/mol. The number of aromatic nitrogens is 2. The van der Waals surface area contributed by atoms with Crippen molar-refractivity contribution in [1.29, 1.82) is 0 Å². The van der Waals surface area contributed by atoms with Crippen molar-refractivity contribution in [2.45, 2.75) is 37.6 Å². The summed E-state index contributed by atoms with van der Waals surface area (Å²) in [5.41, 5.74) is 1.54. The Hall–Kier alpha value is -2.41. The monoisotopic (exact) mass is 451 g/mol. The number of fused-ring (bicyclic) bond motifs is 1. The molecule has 3 heterocycles. The lowest BCUT2D eigenvalue weighted by Gasteiger charge is -2.48. The molecule has 5 rings (SSSR count). The van der Waals surface area contributed by atoms with E-state index in [2.05, 4.69) is 20.5 Å². The molecule has 168 valence electrons. The lowest BCUT2D eigenvalue weighted by Crippen LogP contribution is -2.61. The van der Waals surface area contributed by atoms with Gasteiger partial charge in [0.15, 0.2) is 0 Å². The minimum Gasteiger partial charge on any atom is -0.350 e. The van der Waals surface area contributed by atoms with Gasteiger partial charge in [-0.1, -0.05) is 43.0 Å². The summed E-state index contributed by atoms with van der Waals surface area (Å²) in [6, 6.07) is 11.5. The first-order chi connectivity index (χ1) is 15.7. The van der Waals surface area contributed by atoms with Crippen LogP contribution in [0.15, 0.2) is 48.8 Å². The third-order valence-electron chi connectivity index (χ3n) is 7.07. The SMILES string of the molecule is O=C(NCC1(N2CCNCC2)CCCCC1)c1cn(-c2ccccn2)c2cccc(Cl)c12. The third kappa shape index (κ3) is 4.03. The summed E-state index contributed by atoms with van der Waals surface area (Å²) in [7, 11) is 0. The molecule has 1 amide bonds. The highest BCUT2D eigenvalue weighted by Gasteiger charge is 2.38. The first-order valence-corrected chi connectivity index (χ1v) is 12.0.